The fraction of sp³-hybridized carbons (Fsp3) is 0.875. The molecule has 2 saturated carbocycles. The van der Waals surface area contributed by atoms with Crippen LogP contribution in [0.4, 0.5) is 0 Å². The Bertz CT molecular complexity index is 467. The molecule has 0 saturated heterocycles. The van der Waals surface area contributed by atoms with Crippen molar-refractivity contribution in [3.05, 3.63) is 11.6 Å². The van der Waals surface area contributed by atoms with Crippen molar-refractivity contribution in [2.75, 3.05) is 6.54 Å². The largest absolute Gasteiger partial charge is 0.315 e. The molecule has 2 heterocycles. The van der Waals surface area contributed by atoms with Crippen LogP contribution >= 0.6 is 0 Å². The molecule has 1 aliphatic heterocycles. The Morgan fingerprint density at radius 2 is 2.10 bits per heavy atom. The number of rotatable bonds is 4. The van der Waals surface area contributed by atoms with Gasteiger partial charge in [-0.1, -0.05) is 12.8 Å². The van der Waals surface area contributed by atoms with Gasteiger partial charge in [0.15, 0.2) is 0 Å². The van der Waals surface area contributed by atoms with Crippen LogP contribution in [-0.2, 0) is 19.4 Å². The molecule has 2 aliphatic carbocycles. The van der Waals surface area contributed by atoms with Crippen LogP contribution in [0.25, 0.3) is 0 Å². The van der Waals surface area contributed by atoms with Gasteiger partial charge in [0.1, 0.15) is 11.6 Å². The summed E-state index contributed by atoms with van der Waals surface area (Å²) in [5.41, 5.74) is 0. The Kier molecular flexibility index (Phi) is 3.51. The minimum Gasteiger partial charge on any atom is -0.315 e. The van der Waals surface area contributed by atoms with Crippen LogP contribution in [-0.4, -0.2) is 27.4 Å². The van der Waals surface area contributed by atoms with Crippen molar-refractivity contribution < 1.29 is 0 Å². The van der Waals surface area contributed by atoms with Crippen LogP contribution in [0.2, 0.25) is 0 Å². The average molecular weight is 274 g/mol. The fourth-order valence-electron chi connectivity index (χ4n) is 4.59. The van der Waals surface area contributed by atoms with Gasteiger partial charge in [-0.25, -0.2) is 0 Å². The van der Waals surface area contributed by atoms with E-state index in [1.165, 1.54) is 56.6 Å². The highest BCUT2D eigenvalue weighted by atomic mass is 15.3. The van der Waals surface area contributed by atoms with E-state index in [1.807, 2.05) is 0 Å². The number of hydrogen-bond acceptors (Lipinski definition) is 3. The van der Waals surface area contributed by atoms with Crippen molar-refractivity contribution >= 4 is 0 Å². The maximum Gasteiger partial charge on any atom is 0.134 e. The first-order valence-corrected chi connectivity index (χ1v) is 8.54. The molecule has 0 radical (unpaired) electrons. The number of aryl methyl sites for hydroxylation is 1. The zero-order chi connectivity index (χ0) is 13.4. The molecule has 2 fully saturated rings. The summed E-state index contributed by atoms with van der Waals surface area (Å²) in [4.78, 5) is 0. The lowest BCUT2D eigenvalue weighted by atomic mass is 9.95. The van der Waals surface area contributed by atoms with Crippen LogP contribution in [0, 0.1) is 11.8 Å². The molecule has 4 nitrogen and oxygen atoms in total. The topological polar surface area (TPSA) is 42.7 Å². The molecular formula is C16H26N4. The van der Waals surface area contributed by atoms with E-state index in [1.54, 1.807) is 0 Å². The Balaban J connectivity index is 1.32. The summed E-state index contributed by atoms with van der Waals surface area (Å²) in [5, 5.41) is 12.6. The van der Waals surface area contributed by atoms with Gasteiger partial charge in [-0.3, -0.25) is 0 Å². The highest BCUT2D eigenvalue weighted by Gasteiger charge is 2.38. The standard InChI is InChI=1S/C16H26N4/c1-2-4-15-18-19-16(20(15)9-3-1)7-8-17-14-11-12-5-6-13(14)10-12/h12-14,17H,1-11H2. The molecule has 1 aromatic heterocycles. The third kappa shape index (κ3) is 2.39. The smallest absolute Gasteiger partial charge is 0.134 e. The SMILES string of the molecule is C1CCc2nnc(CCNC3CC4CCC3C4)n2CC1. The van der Waals surface area contributed by atoms with E-state index in [9.17, 15) is 0 Å². The minimum atomic E-state index is 0.792. The molecule has 0 aromatic carbocycles. The molecule has 0 amide bonds. The summed E-state index contributed by atoms with van der Waals surface area (Å²) < 4.78 is 2.38. The quantitative estimate of drug-likeness (QED) is 0.916. The van der Waals surface area contributed by atoms with Gasteiger partial charge in [0, 0.05) is 32.0 Å². The highest BCUT2D eigenvalue weighted by Crippen LogP contribution is 2.44. The van der Waals surface area contributed by atoms with Crippen LogP contribution in [0.5, 0.6) is 0 Å². The highest BCUT2D eigenvalue weighted by molar-refractivity contribution is 4.99. The first-order chi connectivity index (χ1) is 9.90. The van der Waals surface area contributed by atoms with Gasteiger partial charge < -0.3 is 9.88 Å². The van der Waals surface area contributed by atoms with Gasteiger partial charge in [0.05, 0.1) is 0 Å². The van der Waals surface area contributed by atoms with E-state index in [0.717, 1.165) is 43.8 Å². The Morgan fingerprint density at radius 1 is 1.10 bits per heavy atom. The van der Waals surface area contributed by atoms with E-state index >= 15 is 0 Å². The van der Waals surface area contributed by atoms with E-state index in [2.05, 4.69) is 20.1 Å². The van der Waals surface area contributed by atoms with Crippen molar-refractivity contribution in [3.8, 4) is 0 Å². The van der Waals surface area contributed by atoms with Crippen LogP contribution < -0.4 is 5.32 Å². The van der Waals surface area contributed by atoms with E-state index < -0.39 is 0 Å². The van der Waals surface area contributed by atoms with Crippen LogP contribution in [0.15, 0.2) is 0 Å². The first-order valence-electron chi connectivity index (χ1n) is 8.54. The summed E-state index contributed by atoms with van der Waals surface area (Å²) >= 11 is 0. The lowest BCUT2D eigenvalue weighted by molar-refractivity contribution is 0.352. The Morgan fingerprint density at radius 3 is 2.95 bits per heavy atom. The second-order valence-electron chi connectivity index (χ2n) is 6.98. The van der Waals surface area contributed by atoms with Gasteiger partial charge in [-0.15, -0.1) is 10.2 Å². The number of nitrogens with one attached hydrogen (secondary N) is 1. The average Bonchev–Trinajstić information content (AvgIpc) is 3.12. The molecule has 20 heavy (non-hydrogen) atoms. The van der Waals surface area contributed by atoms with Crippen molar-refractivity contribution in [1.29, 1.82) is 0 Å². The minimum absolute atomic E-state index is 0.792. The summed E-state index contributed by atoms with van der Waals surface area (Å²) in [6.45, 7) is 2.21. The van der Waals surface area contributed by atoms with Crippen molar-refractivity contribution in [3.63, 3.8) is 0 Å². The molecule has 3 atom stereocenters. The number of aromatic nitrogens is 3. The van der Waals surface area contributed by atoms with Crippen molar-refractivity contribution in [2.24, 2.45) is 11.8 Å². The zero-order valence-corrected chi connectivity index (χ0v) is 12.4. The number of nitrogens with zero attached hydrogens (tertiary/aromatic N) is 3. The molecule has 4 rings (SSSR count). The van der Waals surface area contributed by atoms with Gasteiger partial charge in [0.25, 0.3) is 0 Å². The number of fused-ring (bicyclic) bond motifs is 3. The van der Waals surface area contributed by atoms with E-state index in [0.29, 0.717) is 0 Å². The van der Waals surface area contributed by atoms with Gasteiger partial charge in [-0.05, 0) is 43.9 Å². The monoisotopic (exact) mass is 274 g/mol. The van der Waals surface area contributed by atoms with E-state index in [4.69, 9.17) is 0 Å². The lowest BCUT2D eigenvalue weighted by Gasteiger charge is -2.22. The molecule has 1 N–H and O–H groups in total. The first kappa shape index (κ1) is 12.8. The third-order valence-corrected chi connectivity index (χ3v) is 5.68. The fourth-order valence-corrected chi connectivity index (χ4v) is 4.59. The zero-order valence-electron chi connectivity index (χ0n) is 12.4. The molecular weight excluding hydrogens is 248 g/mol. The number of hydrogen-bond donors (Lipinski definition) is 1. The lowest BCUT2D eigenvalue weighted by Crippen LogP contribution is -2.35. The van der Waals surface area contributed by atoms with E-state index in [-0.39, 0.29) is 0 Å². The molecule has 0 spiro atoms. The Hall–Kier alpha value is -0.900. The predicted octanol–water partition coefficient (Wildman–Crippen LogP) is 2.33. The van der Waals surface area contributed by atoms with Gasteiger partial charge in [0.2, 0.25) is 0 Å². The Labute approximate surface area is 121 Å². The predicted molar refractivity (Wildman–Crippen MR) is 78.5 cm³/mol. The molecule has 110 valence electrons. The van der Waals surface area contributed by atoms with Crippen LogP contribution in [0.3, 0.4) is 0 Å². The van der Waals surface area contributed by atoms with Crippen LogP contribution in [0.1, 0.15) is 56.6 Å². The molecule has 2 bridgehead atoms. The summed E-state index contributed by atoms with van der Waals surface area (Å²) in [6, 6.07) is 0.792. The van der Waals surface area contributed by atoms with Gasteiger partial charge in [-0.2, -0.15) is 0 Å². The molecule has 4 heteroatoms. The van der Waals surface area contributed by atoms with Crippen molar-refractivity contribution in [2.45, 2.75) is 70.4 Å². The summed E-state index contributed by atoms with van der Waals surface area (Å²) in [7, 11) is 0. The third-order valence-electron chi connectivity index (χ3n) is 5.68. The van der Waals surface area contributed by atoms with Gasteiger partial charge >= 0.3 is 0 Å². The maximum atomic E-state index is 4.42. The normalized spacial score (nSPS) is 32.3. The van der Waals surface area contributed by atoms with Crippen molar-refractivity contribution in [1.82, 2.24) is 20.1 Å². The molecule has 3 unspecified atom stereocenters. The molecule has 3 aliphatic rings. The maximum absolute atomic E-state index is 4.42. The summed E-state index contributed by atoms with van der Waals surface area (Å²) in [6.07, 6.45) is 11.9. The second-order valence-corrected chi connectivity index (χ2v) is 6.98. The molecule has 1 aromatic rings. The second kappa shape index (κ2) is 5.47. The summed E-state index contributed by atoms with van der Waals surface area (Å²) in [5.74, 6) is 4.42.